The van der Waals surface area contributed by atoms with Crippen molar-refractivity contribution in [2.45, 2.75) is 183 Å². The monoisotopic (exact) mass is 1120 g/mol. The van der Waals surface area contributed by atoms with Gasteiger partial charge in [-0.2, -0.15) is 15.3 Å². The molecule has 0 saturated heterocycles. The summed E-state index contributed by atoms with van der Waals surface area (Å²) in [5.74, 6) is 5.14. The van der Waals surface area contributed by atoms with Crippen LogP contribution in [-0.2, 0) is 44.9 Å². The van der Waals surface area contributed by atoms with E-state index in [0.29, 0.717) is 41.4 Å². The predicted molar refractivity (Wildman–Crippen MR) is 346 cm³/mol. The van der Waals surface area contributed by atoms with Gasteiger partial charge in [0.2, 0.25) is 0 Å². The SMILES string of the molecule is CC(C)c1cc2c(cn1)CC=C2.CC(C)c1cc2c(nn1)CC=C2.CC(C)c1ccc2c(n1)C=CC2.CC(C)c1cnc2c(c1)C=CC2.CC(C)c1cnc2c(n1)C=CC2.CC(C)c1ncc2c(n1)C=CC2.CC(C)c1nnc2c(n1)C=CC2. The summed E-state index contributed by atoms with van der Waals surface area (Å²) in [6, 6.07) is 10.9. The molecule has 0 bridgehead atoms. The van der Waals surface area contributed by atoms with Crippen LogP contribution in [0.5, 0.6) is 0 Å². The van der Waals surface area contributed by atoms with Crippen molar-refractivity contribution < 1.29 is 0 Å². The second kappa shape index (κ2) is 29.4. The highest BCUT2D eigenvalue weighted by molar-refractivity contribution is 5.61. The normalized spacial score (nSPS) is 13.9. The minimum absolute atomic E-state index is 0.358. The van der Waals surface area contributed by atoms with Gasteiger partial charge < -0.3 is 0 Å². The summed E-state index contributed by atoms with van der Waals surface area (Å²) in [5.41, 5.74) is 22.5. The zero-order chi connectivity index (χ0) is 59.9. The van der Waals surface area contributed by atoms with Crippen LogP contribution in [0, 0.1) is 0 Å². The molecule has 12 nitrogen and oxygen atoms in total. The van der Waals surface area contributed by atoms with Crippen molar-refractivity contribution in [3.63, 3.8) is 0 Å². The van der Waals surface area contributed by atoms with Crippen LogP contribution in [-0.4, -0.2) is 60.3 Å². The predicted octanol–water partition coefficient (Wildman–Crippen LogP) is 16.4. The Balaban J connectivity index is 0.000000128. The Bertz CT molecular complexity index is 2940. The fourth-order valence-corrected chi connectivity index (χ4v) is 9.50. The molecule has 7 heterocycles. The summed E-state index contributed by atoms with van der Waals surface area (Å²) in [4.78, 5) is 35.4. The zero-order valence-electron chi connectivity index (χ0n) is 52.1. The molecule has 0 aromatic carbocycles. The summed E-state index contributed by atoms with van der Waals surface area (Å²) < 4.78 is 0. The quantitative estimate of drug-likeness (QED) is 0.149. The minimum Gasteiger partial charge on any atom is -0.261 e. The maximum atomic E-state index is 4.57. The van der Waals surface area contributed by atoms with E-state index in [1.165, 1.54) is 61.7 Å². The number of nitrogens with zero attached hydrogens (tertiary/aromatic N) is 12. The Hall–Kier alpha value is -8.12. The van der Waals surface area contributed by atoms with E-state index in [0.717, 1.165) is 102 Å². The molecule has 0 radical (unpaired) electrons. The van der Waals surface area contributed by atoms with Gasteiger partial charge in [-0.3, -0.25) is 19.9 Å². The van der Waals surface area contributed by atoms with Crippen molar-refractivity contribution in [3.8, 4) is 0 Å². The lowest BCUT2D eigenvalue weighted by atomic mass is 10.0. The van der Waals surface area contributed by atoms with Crippen LogP contribution < -0.4 is 0 Å². The lowest BCUT2D eigenvalue weighted by molar-refractivity contribution is 0.721. The van der Waals surface area contributed by atoms with Crippen LogP contribution in [0.15, 0.2) is 97.7 Å². The first-order chi connectivity index (χ1) is 40.4. The molecule has 0 aliphatic heterocycles. The van der Waals surface area contributed by atoms with Gasteiger partial charge in [0, 0.05) is 73.7 Å². The van der Waals surface area contributed by atoms with E-state index in [1.807, 2.05) is 36.9 Å². The van der Waals surface area contributed by atoms with Gasteiger partial charge in [0.1, 0.15) is 5.82 Å². The van der Waals surface area contributed by atoms with Crippen LogP contribution in [0.3, 0.4) is 0 Å². The summed E-state index contributed by atoms with van der Waals surface area (Å²) in [6.45, 7) is 30.0. The van der Waals surface area contributed by atoms with Crippen LogP contribution in [0.4, 0.5) is 0 Å². The van der Waals surface area contributed by atoms with Crippen molar-refractivity contribution in [2.75, 3.05) is 0 Å². The van der Waals surface area contributed by atoms with Crippen molar-refractivity contribution >= 4 is 42.5 Å². The maximum Gasteiger partial charge on any atom is 0.154 e. The van der Waals surface area contributed by atoms with E-state index < -0.39 is 0 Å². The number of rotatable bonds is 7. The van der Waals surface area contributed by atoms with Crippen molar-refractivity contribution in [2.24, 2.45) is 0 Å². The second-order valence-electron chi connectivity index (χ2n) is 24.2. The number of allylic oxidation sites excluding steroid dienone is 7. The lowest BCUT2D eigenvalue weighted by Gasteiger charge is -2.06. The molecule has 12 heteroatoms. The second-order valence-corrected chi connectivity index (χ2v) is 24.2. The number of pyridine rings is 3. The minimum atomic E-state index is 0.358. The van der Waals surface area contributed by atoms with Crippen LogP contribution in [0.25, 0.3) is 42.5 Å². The zero-order valence-corrected chi connectivity index (χ0v) is 52.1. The lowest BCUT2D eigenvalue weighted by Crippen LogP contribution is -2.03. The van der Waals surface area contributed by atoms with Gasteiger partial charge in [0.05, 0.1) is 56.9 Å². The molecule has 14 rings (SSSR count). The molecule has 7 aromatic heterocycles. The average Bonchev–Trinajstić information content (AvgIpc) is 4.42. The third-order valence-electron chi connectivity index (χ3n) is 15.0. The Morgan fingerprint density at radius 2 is 0.774 bits per heavy atom. The molecule has 0 atom stereocenters. The Kier molecular flexibility index (Phi) is 21.7. The molecule has 7 aliphatic carbocycles. The van der Waals surface area contributed by atoms with Crippen molar-refractivity contribution in [3.05, 3.63) is 217 Å². The fraction of sp³-hybridized carbons (Fsp3) is 0.389. The van der Waals surface area contributed by atoms with E-state index >= 15 is 0 Å². The molecule has 434 valence electrons. The molecule has 0 amide bonds. The van der Waals surface area contributed by atoms with Gasteiger partial charge in [0.15, 0.2) is 5.82 Å². The average molecular weight is 1120 g/mol. The molecule has 0 fully saturated rings. The topological polar surface area (TPSA) is 155 Å². The van der Waals surface area contributed by atoms with Crippen molar-refractivity contribution in [1.29, 1.82) is 0 Å². The summed E-state index contributed by atoms with van der Waals surface area (Å²) in [5, 5.41) is 16.5. The fourth-order valence-electron chi connectivity index (χ4n) is 9.50. The van der Waals surface area contributed by atoms with Gasteiger partial charge in [0.25, 0.3) is 0 Å². The highest BCUT2D eigenvalue weighted by atomic mass is 15.2. The number of aromatic nitrogens is 12. The van der Waals surface area contributed by atoms with Gasteiger partial charge in [-0.15, -0.1) is 5.10 Å². The third kappa shape index (κ3) is 16.8. The van der Waals surface area contributed by atoms with E-state index in [1.54, 1.807) is 0 Å². The highest BCUT2D eigenvalue weighted by Gasteiger charge is 2.16. The first-order valence-electron chi connectivity index (χ1n) is 30.3. The standard InChI is InChI=1S/3C11H13N.3C10H12N2.C9H11N3/c1-8(2)10-6-9-4-3-5-11(9)12-7-10;1-8(2)11-6-9-4-3-5-10(9)7-12-11;1-8(2)10-7-6-9-4-3-5-11(9)12-10;1-7(2)10-6-11-8-4-3-5-9(8)12-10;1-7(2)10-11-6-8-4-3-5-9(8)12-10;1-7(2)10-6-8-4-3-5-9(8)11-12-10;1-6(2)9-10-7-4-3-5-8(7)11-12-9/h2*3-4,6-8H,5H2,1-2H3;3,5-8H,4H2,1-2H3;2*3,5-7H,4H2,1-2H3;3-4,6-7H,5H2,1-2H3;3-4,6H,5H2,1-2H3. The smallest absolute Gasteiger partial charge is 0.154 e. The summed E-state index contributed by atoms with van der Waals surface area (Å²) >= 11 is 0. The molecule has 0 spiro atoms. The highest BCUT2D eigenvalue weighted by Crippen LogP contribution is 2.26. The number of fused-ring (bicyclic) bond motifs is 7. The van der Waals surface area contributed by atoms with E-state index in [-0.39, 0.29) is 0 Å². The van der Waals surface area contributed by atoms with Gasteiger partial charge in [-0.1, -0.05) is 164 Å². The van der Waals surface area contributed by atoms with Gasteiger partial charge in [-0.05, 0) is 136 Å². The molecule has 0 N–H and O–H groups in total. The Labute approximate surface area is 500 Å². The van der Waals surface area contributed by atoms with E-state index in [2.05, 4.69) is 260 Å². The van der Waals surface area contributed by atoms with E-state index in [9.17, 15) is 0 Å². The maximum absolute atomic E-state index is 4.57. The third-order valence-corrected chi connectivity index (χ3v) is 15.0. The molecule has 0 saturated carbocycles. The number of hydrogen-bond donors (Lipinski definition) is 0. The van der Waals surface area contributed by atoms with Gasteiger partial charge >= 0.3 is 0 Å². The van der Waals surface area contributed by atoms with Crippen LogP contribution in [0.2, 0.25) is 0 Å². The molecule has 7 aromatic rings. The molecule has 84 heavy (non-hydrogen) atoms. The first-order valence-corrected chi connectivity index (χ1v) is 30.3. The van der Waals surface area contributed by atoms with Crippen LogP contribution in [0.1, 0.15) is 257 Å². The van der Waals surface area contributed by atoms with Crippen LogP contribution >= 0.6 is 0 Å². The molecule has 7 aliphatic rings. The molecular weight excluding hydrogens is 1030 g/mol. The molecule has 0 unspecified atom stereocenters. The first kappa shape index (κ1) is 61.9. The van der Waals surface area contributed by atoms with Crippen molar-refractivity contribution in [1.82, 2.24) is 60.3 Å². The van der Waals surface area contributed by atoms with Gasteiger partial charge in [-0.25, -0.2) is 19.9 Å². The summed E-state index contributed by atoms with van der Waals surface area (Å²) in [6.07, 6.45) is 44.4. The molecular formula is C72H86N12. The largest absolute Gasteiger partial charge is 0.261 e. The number of hydrogen-bond acceptors (Lipinski definition) is 12. The Morgan fingerprint density at radius 3 is 1.45 bits per heavy atom. The summed E-state index contributed by atoms with van der Waals surface area (Å²) in [7, 11) is 0. The Morgan fingerprint density at radius 1 is 0.286 bits per heavy atom. The van der Waals surface area contributed by atoms with E-state index in [4.69, 9.17) is 0 Å².